The number of H-pyrrole nitrogens is 1. The monoisotopic (exact) mass is 238 g/mol. The largest absolute Gasteiger partial charge is 0.417 e. The van der Waals surface area contributed by atoms with Crippen LogP contribution in [0.25, 0.3) is 5.57 Å². The molecule has 2 nitrogen and oxygen atoms in total. The molecule has 0 radical (unpaired) electrons. The van der Waals surface area contributed by atoms with Crippen LogP contribution in [0.1, 0.15) is 17.0 Å². The number of hydrogen-bond donors (Lipinski definition) is 1. The second-order valence-electron chi connectivity index (χ2n) is 3.46. The lowest BCUT2D eigenvalue weighted by Gasteiger charge is -2.13. The molecule has 1 N–H and O–H groups in total. The number of rotatable bonds is 2. The minimum atomic E-state index is -4.40. The van der Waals surface area contributed by atoms with E-state index < -0.39 is 11.7 Å². The highest BCUT2D eigenvalue weighted by molar-refractivity contribution is 5.76. The highest BCUT2D eigenvalue weighted by Gasteiger charge is 2.33. The molecule has 0 aliphatic carbocycles. The first-order valence-electron chi connectivity index (χ1n) is 4.85. The lowest BCUT2D eigenvalue weighted by atomic mass is 10.00. The summed E-state index contributed by atoms with van der Waals surface area (Å²) in [7, 11) is 0. The number of nitrogens with one attached hydrogen (secondary N) is 1. The lowest BCUT2D eigenvalue weighted by molar-refractivity contribution is -0.137. The Balaban J connectivity index is 2.50. The van der Waals surface area contributed by atoms with Crippen LogP contribution in [0.15, 0.2) is 43.2 Å². The summed E-state index contributed by atoms with van der Waals surface area (Å²) in [6.07, 6.45) is -1.39. The molecule has 1 heterocycles. The minimum absolute atomic E-state index is 0.0370. The van der Waals surface area contributed by atoms with E-state index in [0.29, 0.717) is 5.82 Å². The highest BCUT2D eigenvalue weighted by atomic mass is 19.4. The molecule has 2 aromatic rings. The van der Waals surface area contributed by atoms with E-state index in [1.165, 1.54) is 24.5 Å². The van der Waals surface area contributed by atoms with Crippen molar-refractivity contribution in [2.45, 2.75) is 6.18 Å². The summed E-state index contributed by atoms with van der Waals surface area (Å²) in [5, 5.41) is 0. The average Bonchev–Trinajstić information content (AvgIpc) is 2.80. The Kier molecular flexibility index (Phi) is 2.75. The van der Waals surface area contributed by atoms with Crippen molar-refractivity contribution in [3.8, 4) is 0 Å². The molecule has 0 atom stereocenters. The smallest absolute Gasteiger partial charge is 0.345 e. The van der Waals surface area contributed by atoms with Gasteiger partial charge in [0.25, 0.3) is 0 Å². The van der Waals surface area contributed by atoms with Crippen LogP contribution < -0.4 is 0 Å². The van der Waals surface area contributed by atoms with Crippen LogP contribution in [-0.4, -0.2) is 9.97 Å². The van der Waals surface area contributed by atoms with Crippen molar-refractivity contribution in [2.24, 2.45) is 0 Å². The summed E-state index contributed by atoms with van der Waals surface area (Å²) in [4.78, 5) is 6.63. The standard InChI is InChI=1S/C12H9F3N2/c1-8(11-16-6-7-17-11)9-4-2-3-5-10(9)12(13,14)15/h2-7H,1H2,(H,16,17). The van der Waals surface area contributed by atoms with Gasteiger partial charge in [-0.25, -0.2) is 4.98 Å². The zero-order valence-corrected chi connectivity index (χ0v) is 8.75. The second-order valence-corrected chi connectivity index (χ2v) is 3.46. The van der Waals surface area contributed by atoms with Gasteiger partial charge in [0.05, 0.1) is 5.56 Å². The molecule has 0 spiro atoms. The maximum absolute atomic E-state index is 12.8. The fourth-order valence-corrected chi connectivity index (χ4v) is 1.55. The first kappa shape index (κ1) is 11.4. The summed E-state index contributed by atoms with van der Waals surface area (Å²) < 4.78 is 38.3. The lowest BCUT2D eigenvalue weighted by Crippen LogP contribution is -2.09. The number of imidazole rings is 1. The Labute approximate surface area is 95.8 Å². The van der Waals surface area contributed by atoms with Gasteiger partial charge in [0.15, 0.2) is 0 Å². The van der Waals surface area contributed by atoms with Gasteiger partial charge in [0.2, 0.25) is 0 Å². The number of aromatic nitrogens is 2. The molecular formula is C12H9F3N2. The maximum atomic E-state index is 12.8. The summed E-state index contributed by atoms with van der Waals surface area (Å²) >= 11 is 0. The fraction of sp³-hybridized carbons (Fsp3) is 0.0833. The van der Waals surface area contributed by atoms with E-state index in [1.807, 2.05) is 0 Å². The molecule has 88 valence electrons. The van der Waals surface area contributed by atoms with Crippen LogP contribution in [-0.2, 0) is 6.18 Å². The number of alkyl halides is 3. The molecule has 5 heteroatoms. The molecule has 0 amide bonds. The summed E-state index contributed by atoms with van der Waals surface area (Å²) in [6.45, 7) is 3.65. The predicted molar refractivity (Wildman–Crippen MR) is 58.2 cm³/mol. The van der Waals surface area contributed by atoms with E-state index in [9.17, 15) is 13.2 Å². The van der Waals surface area contributed by atoms with Gasteiger partial charge < -0.3 is 4.98 Å². The van der Waals surface area contributed by atoms with Crippen LogP contribution in [0.4, 0.5) is 13.2 Å². The Morgan fingerprint density at radius 1 is 1.24 bits per heavy atom. The highest BCUT2D eigenvalue weighted by Crippen LogP contribution is 2.35. The van der Waals surface area contributed by atoms with E-state index >= 15 is 0 Å². The van der Waals surface area contributed by atoms with Crippen molar-refractivity contribution >= 4 is 5.57 Å². The topological polar surface area (TPSA) is 28.7 Å². The molecule has 17 heavy (non-hydrogen) atoms. The fourth-order valence-electron chi connectivity index (χ4n) is 1.55. The first-order chi connectivity index (χ1) is 8.00. The Morgan fingerprint density at radius 3 is 2.53 bits per heavy atom. The van der Waals surface area contributed by atoms with E-state index in [0.717, 1.165) is 6.07 Å². The summed E-state index contributed by atoms with van der Waals surface area (Å²) in [6, 6.07) is 5.30. The molecule has 0 fully saturated rings. The number of halogens is 3. The van der Waals surface area contributed by atoms with Gasteiger partial charge in [0.1, 0.15) is 5.82 Å². The van der Waals surface area contributed by atoms with Gasteiger partial charge in [0, 0.05) is 18.0 Å². The summed E-state index contributed by atoms with van der Waals surface area (Å²) in [5.74, 6) is 0.335. The predicted octanol–water partition coefficient (Wildman–Crippen LogP) is 3.49. The van der Waals surface area contributed by atoms with Gasteiger partial charge >= 0.3 is 6.18 Å². The van der Waals surface area contributed by atoms with Gasteiger partial charge in [-0.1, -0.05) is 24.8 Å². The van der Waals surface area contributed by atoms with Crippen LogP contribution in [0.3, 0.4) is 0 Å². The number of benzene rings is 1. The zero-order chi connectivity index (χ0) is 12.5. The molecule has 0 unspecified atom stereocenters. The van der Waals surface area contributed by atoms with E-state index in [2.05, 4.69) is 16.5 Å². The quantitative estimate of drug-likeness (QED) is 0.852. The second kappa shape index (κ2) is 4.08. The van der Waals surface area contributed by atoms with Crippen molar-refractivity contribution in [1.29, 1.82) is 0 Å². The molecule has 2 rings (SSSR count). The van der Waals surface area contributed by atoms with Crippen LogP contribution >= 0.6 is 0 Å². The number of nitrogens with zero attached hydrogens (tertiary/aromatic N) is 1. The van der Waals surface area contributed by atoms with Crippen molar-refractivity contribution in [2.75, 3.05) is 0 Å². The third-order valence-corrected chi connectivity index (χ3v) is 2.34. The maximum Gasteiger partial charge on any atom is 0.417 e. The third-order valence-electron chi connectivity index (χ3n) is 2.34. The first-order valence-corrected chi connectivity index (χ1v) is 4.85. The summed E-state index contributed by atoms with van der Waals surface area (Å²) in [5.41, 5.74) is -0.445. The van der Waals surface area contributed by atoms with E-state index in [4.69, 9.17) is 0 Å². The Hall–Kier alpha value is -2.04. The van der Waals surface area contributed by atoms with Crippen molar-refractivity contribution in [3.63, 3.8) is 0 Å². The molecule has 0 saturated carbocycles. The van der Waals surface area contributed by atoms with Gasteiger partial charge in [-0.15, -0.1) is 0 Å². The van der Waals surface area contributed by atoms with Crippen molar-refractivity contribution < 1.29 is 13.2 Å². The Morgan fingerprint density at radius 2 is 1.94 bits per heavy atom. The molecule has 0 aliphatic heterocycles. The molecular weight excluding hydrogens is 229 g/mol. The van der Waals surface area contributed by atoms with Crippen LogP contribution in [0, 0.1) is 0 Å². The molecule has 1 aromatic heterocycles. The van der Waals surface area contributed by atoms with Crippen molar-refractivity contribution in [1.82, 2.24) is 9.97 Å². The Bertz CT molecular complexity index is 527. The third kappa shape index (κ3) is 2.22. The molecule has 0 aliphatic rings. The molecule has 0 bridgehead atoms. The number of hydrogen-bond acceptors (Lipinski definition) is 1. The van der Waals surface area contributed by atoms with E-state index in [-0.39, 0.29) is 11.1 Å². The SMILES string of the molecule is C=C(c1ncc[nH]1)c1ccccc1C(F)(F)F. The van der Waals surface area contributed by atoms with Crippen molar-refractivity contribution in [3.05, 3.63) is 60.2 Å². The van der Waals surface area contributed by atoms with E-state index in [1.54, 1.807) is 6.07 Å². The van der Waals surface area contributed by atoms with Gasteiger partial charge in [-0.2, -0.15) is 13.2 Å². The zero-order valence-electron chi connectivity index (χ0n) is 8.75. The van der Waals surface area contributed by atoms with Gasteiger partial charge in [-0.05, 0) is 11.6 Å². The normalized spacial score (nSPS) is 11.5. The average molecular weight is 238 g/mol. The van der Waals surface area contributed by atoms with Crippen LogP contribution in [0.5, 0.6) is 0 Å². The molecule has 1 aromatic carbocycles. The molecule has 0 saturated heterocycles. The van der Waals surface area contributed by atoms with Crippen LogP contribution in [0.2, 0.25) is 0 Å². The number of aromatic amines is 1. The van der Waals surface area contributed by atoms with Gasteiger partial charge in [-0.3, -0.25) is 0 Å². The minimum Gasteiger partial charge on any atom is -0.345 e.